The molecule has 0 saturated carbocycles. The summed E-state index contributed by atoms with van der Waals surface area (Å²) in [6.07, 6.45) is 1.54. The van der Waals surface area contributed by atoms with E-state index in [2.05, 4.69) is 15.9 Å². The molecule has 86 valence electrons. The van der Waals surface area contributed by atoms with Gasteiger partial charge in [-0.3, -0.25) is 0 Å². The highest BCUT2D eigenvalue weighted by Gasteiger charge is 2.24. The number of hydrogen-bond donors (Lipinski definition) is 1. The zero-order valence-electron chi connectivity index (χ0n) is 8.75. The summed E-state index contributed by atoms with van der Waals surface area (Å²) in [6.45, 7) is 0.596. The maximum absolute atomic E-state index is 11.1. The average molecular weight is 287 g/mol. The fraction of sp³-hybridized carbons (Fsp3) is 0.364. The van der Waals surface area contributed by atoms with Crippen molar-refractivity contribution in [1.29, 1.82) is 0 Å². The van der Waals surface area contributed by atoms with Gasteiger partial charge < -0.3 is 14.6 Å². The van der Waals surface area contributed by atoms with E-state index in [1.807, 2.05) is 0 Å². The van der Waals surface area contributed by atoms with E-state index >= 15 is 0 Å². The number of benzene rings is 1. The topological polar surface area (TPSA) is 55.8 Å². The number of halogens is 1. The Labute approximate surface area is 101 Å². The first kappa shape index (κ1) is 11.3. The molecule has 0 saturated heterocycles. The first-order valence-corrected chi connectivity index (χ1v) is 5.70. The van der Waals surface area contributed by atoms with Crippen LogP contribution < -0.4 is 9.47 Å². The predicted octanol–water partition coefficient (Wildman–Crippen LogP) is 2.48. The van der Waals surface area contributed by atoms with Gasteiger partial charge in [-0.15, -0.1) is 0 Å². The van der Waals surface area contributed by atoms with Gasteiger partial charge in [0.1, 0.15) is 0 Å². The van der Waals surface area contributed by atoms with Gasteiger partial charge in [0.05, 0.1) is 23.8 Å². The average Bonchev–Trinajstić information content (AvgIpc) is 2.28. The van der Waals surface area contributed by atoms with E-state index in [-0.39, 0.29) is 5.56 Å². The fourth-order valence-corrected chi connectivity index (χ4v) is 2.42. The first-order valence-electron chi connectivity index (χ1n) is 4.90. The van der Waals surface area contributed by atoms with Gasteiger partial charge in [-0.2, -0.15) is 0 Å². The van der Waals surface area contributed by atoms with Crippen molar-refractivity contribution in [1.82, 2.24) is 0 Å². The monoisotopic (exact) mass is 286 g/mol. The minimum atomic E-state index is -0.940. The van der Waals surface area contributed by atoms with Crippen LogP contribution in [0.1, 0.15) is 22.3 Å². The third-order valence-electron chi connectivity index (χ3n) is 2.55. The molecule has 2 rings (SSSR count). The van der Waals surface area contributed by atoms with Crippen LogP contribution in [0.3, 0.4) is 0 Å². The molecule has 0 unspecified atom stereocenters. The second-order valence-corrected chi connectivity index (χ2v) is 4.36. The van der Waals surface area contributed by atoms with E-state index in [4.69, 9.17) is 14.6 Å². The summed E-state index contributed by atoms with van der Waals surface area (Å²) in [6, 6.07) is 1.56. The van der Waals surface area contributed by atoms with Gasteiger partial charge in [-0.05, 0) is 34.8 Å². The molecule has 0 aromatic heterocycles. The Balaban J connectivity index is 2.67. The zero-order valence-corrected chi connectivity index (χ0v) is 10.3. The molecule has 0 radical (unpaired) electrons. The number of ether oxygens (including phenoxy) is 2. The van der Waals surface area contributed by atoms with Gasteiger partial charge in [0.2, 0.25) is 0 Å². The molecule has 1 heterocycles. The van der Waals surface area contributed by atoms with Crippen LogP contribution in [0.25, 0.3) is 0 Å². The van der Waals surface area contributed by atoms with Crippen LogP contribution in [0.2, 0.25) is 0 Å². The van der Waals surface area contributed by atoms with Crippen molar-refractivity contribution in [2.45, 2.75) is 12.8 Å². The molecule has 1 aliphatic rings. The van der Waals surface area contributed by atoms with E-state index in [1.54, 1.807) is 13.2 Å². The Hall–Kier alpha value is -1.23. The number of aromatic carboxylic acids is 1. The van der Waals surface area contributed by atoms with Gasteiger partial charge >= 0.3 is 5.97 Å². The van der Waals surface area contributed by atoms with Crippen LogP contribution in [-0.2, 0) is 6.42 Å². The van der Waals surface area contributed by atoms with Crippen LogP contribution in [0.15, 0.2) is 10.5 Å². The number of fused-ring (bicyclic) bond motifs is 1. The number of carboxylic acids is 1. The Kier molecular flexibility index (Phi) is 3.05. The molecule has 16 heavy (non-hydrogen) atoms. The summed E-state index contributed by atoms with van der Waals surface area (Å²) >= 11 is 3.29. The lowest BCUT2D eigenvalue weighted by Gasteiger charge is -2.22. The van der Waals surface area contributed by atoms with Crippen molar-refractivity contribution in [2.24, 2.45) is 0 Å². The summed E-state index contributed by atoms with van der Waals surface area (Å²) in [4.78, 5) is 11.1. The van der Waals surface area contributed by atoms with E-state index in [1.165, 1.54) is 0 Å². The number of methoxy groups -OCH3 is 1. The van der Waals surface area contributed by atoms with Gasteiger partial charge in [0, 0.05) is 5.56 Å². The van der Waals surface area contributed by atoms with Crippen molar-refractivity contribution in [3.8, 4) is 11.5 Å². The second kappa shape index (κ2) is 4.33. The molecule has 0 spiro atoms. The van der Waals surface area contributed by atoms with Crippen LogP contribution in [-0.4, -0.2) is 24.8 Å². The molecule has 0 atom stereocenters. The maximum atomic E-state index is 11.1. The van der Waals surface area contributed by atoms with Crippen molar-refractivity contribution in [3.05, 3.63) is 21.7 Å². The molecule has 1 aromatic carbocycles. The van der Waals surface area contributed by atoms with E-state index in [0.717, 1.165) is 12.0 Å². The molecule has 1 N–H and O–H groups in total. The fourth-order valence-electron chi connectivity index (χ4n) is 1.85. The minimum absolute atomic E-state index is 0.280. The molecule has 4 nitrogen and oxygen atoms in total. The van der Waals surface area contributed by atoms with Gasteiger partial charge in [0.25, 0.3) is 0 Å². The lowest BCUT2D eigenvalue weighted by atomic mass is 9.99. The lowest BCUT2D eigenvalue weighted by molar-refractivity contribution is 0.0694. The van der Waals surface area contributed by atoms with Crippen LogP contribution >= 0.6 is 15.9 Å². The SMILES string of the molecule is COc1c(Br)cc(C(=O)O)c2c1OCCC2. The summed E-state index contributed by atoms with van der Waals surface area (Å²) in [5, 5.41) is 9.11. The van der Waals surface area contributed by atoms with Gasteiger partial charge in [-0.1, -0.05) is 0 Å². The lowest BCUT2D eigenvalue weighted by Crippen LogP contribution is -2.14. The molecule has 0 aliphatic carbocycles. The Bertz CT molecular complexity index is 442. The van der Waals surface area contributed by atoms with Gasteiger partial charge in [0.15, 0.2) is 11.5 Å². The third kappa shape index (κ3) is 1.75. The Morgan fingerprint density at radius 3 is 3.00 bits per heavy atom. The van der Waals surface area contributed by atoms with E-state index in [0.29, 0.717) is 29.0 Å². The molecular formula is C11H11BrO4. The van der Waals surface area contributed by atoms with Crippen molar-refractivity contribution in [3.63, 3.8) is 0 Å². The molecule has 1 aliphatic heterocycles. The summed E-state index contributed by atoms with van der Waals surface area (Å²) in [5.41, 5.74) is 1.00. The van der Waals surface area contributed by atoms with Gasteiger partial charge in [-0.25, -0.2) is 4.79 Å². The summed E-state index contributed by atoms with van der Waals surface area (Å²) < 4.78 is 11.3. The second-order valence-electron chi connectivity index (χ2n) is 3.50. The molecule has 1 aromatic rings. The molecule has 0 bridgehead atoms. The van der Waals surface area contributed by atoms with E-state index in [9.17, 15) is 4.79 Å². The number of carbonyl (C=O) groups is 1. The molecular weight excluding hydrogens is 276 g/mol. The number of hydrogen-bond acceptors (Lipinski definition) is 3. The molecule has 5 heteroatoms. The zero-order chi connectivity index (χ0) is 11.7. The van der Waals surface area contributed by atoms with Crippen molar-refractivity contribution >= 4 is 21.9 Å². The van der Waals surface area contributed by atoms with Crippen LogP contribution in [0.5, 0.6) is 11.5 Å². The highest BCUT2D eigenvalue weighted by molar-refractivity contribution is 9.10. The summed E-state index contributed by atoms with van der Waals surface area (Å²) in [5.74, 6) is 0.185. The Morgan fingerprint density at radius 1 is 1.62 bits per heavy atom. The van der Waals surface area contributed by atoms with E-state index < -0.39 is 5.97 Å². The minimum Gasteiger partial charge on any atom is -0.492 e. The highest BCUT2D eigenvalue weighted by Crippen LogP contribution is 2.42. The predicted molar refractivity (Wildman–Crippen MR) is 61.5 cm³/mol. The maximum Gasteiger partial charge on any atom is 0.336 e. The van der Waals surface area contributed by atoms with Crippen molar-refractivity contribution in [2.75, 3.05) is 13.7 Å². The molecule has 0 fully saturated rings. The molecule has 0 amide bonds. The third-order valence-corrected chi connectivity index (χ3v) is 3.13. The normalized spacial score (nSPS) is 13.9. The van der Waals surface area contributed by atoms with Crippen LogP contribution in [0.4, 0.5) is 0 Å². The standard InChI is InChI=1S/C11H11BrO4/c1-15-10-8(12)5-7(11(13)14)6-3-2-4-16-9(6)10/h5H,2-4H2,1H3,(H,13,14). The Morgan fingerprint density at radius 2 is 2.38 bits per heavy atom. The van der Waals surface area contributed by atoms with Crippen molar-refractivity contribution < 1.29 is 19.4 Å². The number of carboxylic acid groups (broad SMARTS) is 1. The first-order chi connectivity index (χ1) is 7.65. The largest absolute Gasteiger partial charge is 0.492 e. The highest BCUT2D eigenvalue weighted by atomic mass is 79.9. The summed E-state index contributed by atoms with van der Waals surface area (Å²) in [7, 11) is 1.54. The quantitative estimate of drug-likeness (QED) is 0.908. The van der Waals surface area contributed by atoms with Crippen LogP contribution in [0, 0.1) is 0 Å². The number of rotatable bonds is 2. The smallest absolute Gasteiger partial charge is 0.336 e.